The predicted molar refractivity (Wildman–Crippen MR) is 67.7 cm³/mol. The second kappa shape index (κ2) is 5.60. The topological polar surface area (TPSA) is 53.4 Å². The van der Waals surface area contributed by atoms with Crippen LogP contribution < -0.4 is 0 Å². The second-order valence-corrected chi connectivity index (χ2v) is 5.22. The fraction of sp³-hybridized carbons (Fsp3) is 0.500. The number of carbonyl (C=O) groups excluding carboxylic acids is 1. The number of halogens is 1. The Balaban J connectivity index is 2.06. The van der Waals surface area contributed by atoms with E-state index in [2.05, 4.69) is 20.9 Å². The fourth-order valence-corrected chi connectivity index (χ4v) is 2.30. The van der Waals surface area contributed by atoms with Crippen LogP contribution in [-0.2, 0) is 0 Å². The van der Waals surface area contributed by atoms with Crippen LogP contribution >= 0.6 is 15.9 Å². The molecule has 92 valence electrons. The first-order valence-electron chi connectivity index (χ1n) is 5.72. The smallest absolute Gasteiger partial charge is 0.272 e. The molecule has 2 heterocycles. The number of hydrogen-bond donors (Lipinski definition) is 1. The number of nitrogens with zero attached hydrogens (tertiary/aromatic N) is 2. The van der Waals surface area contributed by atoms with E-state index >= 15 is 0 Å². The third-order valence-electron chi connectivity index (χ3n) is 3.01. The third-order valence-corrected chi connectivity index (χ3v) is 3.48. The van der Waals surface area contributed by atoms with Gasteiger partial charge in [0.2, 0.25) is 0 Å². The predicted octanol–water partition coefficient (Wildman–Crippen LogP) is 1.69. The summed E-state index contributed by atoms with van der Waals surface area (Å²) in [5.41, 5.74) is 0.465. The van der Waals surface area contributed by atoms with Crippen LogP contribution in [-0.4, -0.2) is 40.6 Å². The van der Waals surface area contributed by atoms with E-state index in [0.717, 1.165) is 23.9 Å². The molecule has 0 saturated carbocycles. The SMILES string of the molecule is O=C(c1ccc(Br)cn1)N1CCCC(CO)C1. The minimum absolute atomic E-state index is 0.0457. The lowest BCUT2D eigenvalue weighted by atomic mass is 9.99. The molecule has 0 aromatic carbocycles. The molecule has 0 radical (unpaired) electrons. The van der Waals surface area contributed by atoms with E-state index in [1.807, 2.05) is 6.07 Å². The van der Waals surface area contributed by atoms with Gasteiger partial charge in [0.25, 0.3) is 5.91 Å². The van der Waals surface area contributed by atoms with Crippen LogP contribution in [0.1, 0.15) is 23.3 Å². The van der Waals surface area contributed by atoms with Crippen molar-refractivity contribution in [1.29, 1.82) is 0 Å². The summed E-state index contributed by atoms with van der Waals surface area (Å²) < 4.78 is 0.862. The summed E-state index contributed by atoms with van der Waals surface area (Å²) in [5.74, 6) is 0.166. The number of carbonyl (C=O) groups is 1. The van der Waals surface area contributed by atoms with Gasteiger partial charge in [-0.2, -0.15) is 0 Å². The molecule has 1 aliphatic heterocycles. The summed E-state index contributed by atoms with van der Waals surface area (Å²) in [6.07, 6.45) is 3.57. The minimum Gasteiger partial charge on any atom is -0.396 e. The van der Waals surface area contributed by atoms with Gasteiger partial charge in [-0.1, -0.05) is 0 Å². The minimum atomic E-state index is -0.0457. The van der Waals surface area contributed by atoms with Crippen LogP contribution in [0.3, 0.4) is 0 Å². The van der Waals surface area contributed by atoms with Gasteiger partial charge in [-0.3, -0.25) is 4.79 Å². The van der Waals surface area contributed by atoms with Gasteiger partial charge in [0, 0.05) is 30.4 Å². The molecule has 17 heavy (non-hydrogen) atoms. The zero-order valence-electron chi connectivity index (χ0n) is 9.47. The van der Waals surface area contributed by atoms with Crippen molar-refractivity contribution in [1.82, 2.24) is 9.88 Å². The number of likely N-dealkylation sites (tertiary alicyclic amines) is 1. The molecule has 1 aliphatic rings. The number of hydrogen-bond acceptors (Lipinski definition) is 3. The lowest BCUT2D eigenvalue weighted by molar-refractivity contribution is 0.0615. The van der Waals surface area contributed by atoms with Crippen molar-refractivity contribution in [2.45, 2.75) is 12.8 Å². The second-order valence-electron chi connectivity index (χ2n) is 4.30. The molecule has 1 atom stereocenters. The largest absolute Gasteiger partial charge is 0.396 e. The molecule has 1 N–H and O–H groups in total. The summed E-state index contributed by atoms with van der Waals surface area (Å²) in [7, 11) is 0. The lowest BCUT2D eigenvalue weighted by Crippen LogP contribution is -2.41. The van der Waals surface area contributed by atoms with E-state index in [1.54, 1.807) is 17.2 Å². The molecule has 1 fully saturated rings. The summed E-state index contributed by atoms with van der Waals surface area (Å²) in [4.78, 5) is 18.0. The van der Waals surface area contributed by atoms with E-state index in [-0.39, 0.29) is 18.4 Å². The first-order valence-corrected chi connectivity index (χ1v) is 6.51. The number of rotatable bonds is 2. The highest BCUT2D eigenvalue weighted by atomic mass is 79.9. The Morgan fingerprint density at radius 3 is 3.06 bits per heavy atom. The Morgan fingerprint density at radius 1 is 1.59 bits per heavy atom. The first kappa shape index (κ1) is 12.5. The van der Waals surface area contributed by atoms with E-state index in [9.17, 15) is 4.79 Å². The summed E-state index contributed by atoms with van der Waals surface area (Å²) in [6.45, 7) is 1.54. The fourth-order valence-electron chi connectivity index (χ4n) is 2.06. The lowest BCUT2D eigenvalue weighted by Gasteiger charge is -2.31. The standard InChI is InChI=1S/C12H15BrN2O2/c13-10-3-4-11(14-6-10)12(17)15-5-1-2-9(7-15)8-16/h3-4,6,9,16H,1-2,5,7-8H2. The molecule has 5 heteroatoms. The zero-order valence-corrected chi connectivity index (χ0v) is 11.1. The van der Waals surface area contributed by atoms with Crippen molar-refractivity contribution in [2.24, 2.45) is 5.92 Å². The van der Waals surface area contributed by atoms with Gasteiger partial charge in [0.05, 0.1) is 0 Å². The highest BCUT2D eigenvalue weighted by Gasteiger charge is 2.24. The quantitative estimate of drug-likeness (QED) is 0.904. The number of piperidine rings is 1. The van der Waals surface area contributed by atoms with Gasteiger partial charge < -0.3 is 10.0 Å². The van der Waals surface area contributed by atoms with Gasteiger partial charge in [0.1, 0.15) is 5.69 Å². The zero-order chi connectivity index (χ0) is 12.3. The summed E-state index contributed by atoms with van der Waals surface area (Å²) in [5, 5.41) is 9.14. The Bertz CT molecular complexity index is 394. The van der Waals surface area contributed by atoms with E-state index in [4.69, 9.17) is 5.11 Å². The number of aliphatic hydroxyl groups excluding tert-OH is 1. The molecular formula is C12H15BrN2O2. The van der Waals surface area contributed by atoms with Gasteiger partial charge in [-0.15, -0.1) is 0 Å². The molecule has 0 bridgehead atoms. The maximum Gasteiger partial charge on any atom is 0.272 e. The Labute approximate surface area is 109 Å². The van der Waals surface area contributed by atoms with E-state index in [0.29, 0.717) is 12.2 Å². The van der Waals surface area contributed by atoms with Gasteiger partial charge in [-0.25, -0.2) is 4.98 Å². The number of aliphatic hydroxyl groups is 1. The molecule has 1 saturated heterocycles. The van der Waals surface area contributed by atoms with Crippen LogP contribution in [0.15, 0.2) is 22.8 Å². The van der Waals surface area contributed by atoms with Crippen molar-refractivity contribution in [3.63, 3.8) is 0 Å². The highest BCUT2D eigenvalue weighted by molar-refractivity contribution is 9.10. The Morgan fingerprint density at radius 2 is 2.41 bits per heavy atom. The van der Waals surface area contributed by atoms with Gasteiger partial charge >= 0.3 is 0 Å². The van der Waals surface area contributed by atoms with E-state index in [1.165, 1.54) is 0 Å². The number of aromatic nitrogens is 1. The molecule has 1 amide bonds. The van der Waals surface area contributed by atoms with Crippen molar-refractivity contribution in [2.75, 3.05) is 19.7 Å². The normalized spacial score (nSPS) is 20.4. The average molecular weight is 299 g/mol. The van der Waals surface area contributed by atoms with Crippen LogP contribution in [0.4, 0.5) is 0 Å². The number of pyridine rings is 1. The van der Waals surface area contributed by atoms with Crippen molar-refractivity contribution in [3.8, 4) is 0 Å². The Kier molecular flexibility index (Phi) is 4.12. The van der Waals surface area contributed by atoms with Crippen molar-refractivity contribution in [3.05, 3.63) is 28.5 Å². The first-order chi connectivity index (χ1) is 8.20. The monoisotopic (exact) mass is 298 g/mol. The molecule has 2 rings (SSSR count). The third kappa shape index (κ3) is 3.04. The molecule has 1 aromatic heterocycles. The van der Waals surface area contributed by atoms with Crippen molar-refractivity contribution < 1.29 is 9.90 Å². The van der Waals surface area contributed by atoms with Crippen LogP contribution in [0.2, 0.25) is 0 Å². The number of amides is 1. The highest BCUT2D eigenvalue weighted by Crippen LogP contribution is 2.18. The maximum atomic E-state index is 12.1. The van der Waals surface area contributed by atoms with Crippen LogP contribution in [0, 0.1) is 5.92 Å². The molecule has 4 nitrogen and oxygen atoms in total. The van der Waals surface area contributed by atoms with Gasteiger partial charge in [0.15, 0.2) is 0 Å². The maximum absolute atomic E-state index is 12.1. The summed E-state index contributed by atoms with van der Waals surface area (Å²) in [6, 6.07) is 3.53. The summed E-state index contributed by atoms with van der Waals surface area (Å²) >= 11 is 3.29. The molecule has 0 aliphatic carbocycles. The van der Waals surface area contributed by atoms with E-state index < -0.39 is 0 Å². The molecule has 1 unspecified atom stereocenters. The van der Waals surface area contributed by atoms with Crippen LogP contribution in [0.25, 0.3) is 0 Å². The van der Waals surface area contributed by atoms with Gasteiger partial charge in [-0.05, 0) is 46.8 Å². The average Bonchev–Trinajstić information content (AvgIpc) is 2.39. The molecular weight excluding hydrogens is 284 g/mol. The van der Waals surface area contributed by atoms with Crippen LogP contribution in [0.5, 0.6) is 0 Å². The molecule has 1 aromatic rings. The van der Waals surface area contributed by atoms with Crippen molar-refractivity contribution >= 4 is 21.8 Å². The Hall–Kier alpha value is -0.940. The molecule has 0 spiro atoms.